The second-order valence-electron chi connectivity index (χ2n) is 7.04. The molecule has 1 aromatic carbocycles. The Morgan fingerprint density at radius 3 is 2.38 bits per heavy atom. The molecule has 1 aromatic heterocycles. The molecule has 8 heteroatoms. The quantitative estimate of drug-likeness (QED) is 0.710. The number of carbonyl (C=O) groups is 2. The molecule has 2 aromatic rings. The molecule has 0 spiro atoms. The van der Waals surface area contributed by atoms with Gasteiger partial charge in [-0.3, -0.25) is 14.5 Å². The summed E-state index contributed by atoms with van der Waals surface area (Å²) in [6.45, 7) is 2.96. The van der Waals surface area contributed by atoms with E-state index in [4.69, 9.17) is 9.47 Å². The van der Waals surface area contributed by atoms with Crippen LogP contribution in [-0.4, -0.2) is 68.1 Å². The lowest BCUT2D eigenvalue weighted by molar-refractivity contribution is -0.123. The third kappa shape index (κ3) is 3.63. The first-order valence-corrected chi connectivity index (χ1v) is 9.61. The molecule has 2 amide bonds. The number of amides is 2. The molecule has 0 N–H and O–H groups in total. The van der Waals surface area contributed by atoms with E-state index in [0.29, 0.717) is 30.3 Å². The van der Waals surface area contributed by atoms with Gasteiger partial charge >= 0.3 is 0 Å². The van der Waals surface area contributed by atoms with Gasteiger partial charge in [-0.1, -0.05) is 6.07 Å². The van der Waals surface area contributed by atoms with E-state index in [9.17, 15) is 9.59 Å². The number of methoxy groups -OCH3 is 2. The Kier molecular flexibility index (Phi) is 5.35. The SMILES string of the molecule is COc1ccc(N2C(=O)C[C@H](N3CCN(c4ccccn4)CC3)C2=O)cc1OC. The molecule has 0 saturated carbocycles. The Bertz CT molecular complexity index is 897. The van der Waals surface area contributed by atoms with Crippen LogP contribution in [0.3, 0.4) is 0 Å². The molecule has 29 heavy (non-hydrogen) atoms. The van der Waals surface area contributed by atoms with Crippen molar-refractivity contribution in [2.75, 3.05) is 50.2 Å². The number of carbonyl (C=O) groups excluding carboxylic acids is 2. The van der Waals surface area contributed by atoms with Crippen molar-refractivity contribution in [2.45, 2.75) is 12.5 Å². The minimum atomic E-state index is -0.429. The number of rotatable bonds is 5. The van der Waals surface area contributed by atoms with Gasteiger partial charge < -0.3 is 14.4 Å². The number of imide groups is 1. The minimum absolute atomic E-state index is 0.187. The van der Waals surface area contributed by atoms with Gasteiger partial charge in [0.25, 0.3) is 5.91 Å². The Morgan fingerprint density at radius 2 is 1.72 bits per heavy atom. The van der Waals surface area contributed by atoms with Crippen molar-refractivity contribution in [1.29, 1.82) is 0 Å². The molecule has 2 fully saturated rings. The molecular formula is C21H24N4O4. The van der Waals surface area contributed by atoms with Gasteiger partial charge in [-0.25, -0.2) is 9.88 Å². The lowest BCUT2D eigenvalue weighted by Gasteiger charge is -2.37. The first-order chi connectivity index (χ1) is 14.1. The van der Waals surface area contributed by atoms with Crippen molar-refractivity contribution in [3.8, 4) is 11.5 Å². The molecule has 0 radical (unpaired) electrons. The number of benzene rings is 1. The molecular weight excluding hydrogens is 372 g/mol. The normalized spacial score (nSPS) is 20.3. The summed E-state index contributed by atoms with van der Waals surface area (Å²) in [5.74, 6) is 1.59. The number of ether oxygens (including phenoxy) is 2. The molecule has 0 bridgehead atoms. The predicted octanol–water partition coefficient (Wildman–Crippen LogP) is 1.55. The summed E-state index contributed by atoms with van der Waals surface area (Å²) < 4.78 is 10.5. The van der Waals surface area contributed by atoms with Crippen LogP contribution in [0, 0.1) is 0 Å². The molecule has 3 heterocycles. The van der Waals surface area contributed by atoms with E-state index in [1.165, 1.54) is 12.0 Å². The van der Waals surface area contributed by atoms with Crippen LogP contribution in [0.5, 0.6) is 11.5 Å². The van der Waals surface area contributed by atoms with Crippen LogP contribution in [0.4, 0.5) is 11.5 Å². The summed E-state index contributed by atoms with van der Waals surface area (Å²) in [6, 6.07) is 10.5. The first kappa shape index (κ1) is 19.2. The molecule has 2 aliphatic heterocycles. The molecule has 4 rings (SSSR count). The third-order valence-electron chi connectivity index (χ3n) is 5.48. The van der Waals surface area contributed by atoms with Gasteiger partial charge in [0.1, 0.15) is 5.82 Å². The maximum atomic E-state index is 13.1. The third-order valence-corrected chi connectivity index (χ3v) is 5.48. The summed E-state index contributed by atoms with van der Waals surface area (Å²) in [4.78, 5) is 35.7. The van der Waals surface area contributed by atoms with Gasteiger partial charge in [0.05, 0.1) is 32.4 Å². The molecule has 2 aliphatic rings. The lowest BCUT2D eigenvalue weighted by Crippen LogP contribution is -2.52. The second-order valence-corrected chi connectivity index (χ2v) is 7.04. The molecule has 152 valence electrons. The van der Waals surface area contributed by atoms with Crippen LogP contribution in [0.25, 0.3) is 0 Å². The Hall–Kier alpha value is -3.13. The van der Waals surface area contributed by atoms with E-state index < -0.39 is 6.04 Å². The van der Waals surface area contributed by atoms with E-state index in [-0.39, 0.29) is 18.2 Å². The van der Waals surface area contributed by atoms with Crippen LogP contribution in [0.15, 0.2) is 42.6 Å². The first-order valence-electron chi connectivity index (χ1n) is 9.61. The van der Waals surface area contributed by atoms with Crippen molar-refractivity contribution in [3.05, 3.63) is 42.6 Å². The number of piperazine rings is 1. The summed E-state index contributed by atoms with van der Waals surface area (Å²) in [5.41, 5.74) is 0.507. The number of aromatic nitrogens is 1. The highest BCUT2D eigenvalue weighted by molar-refractivity contribution is 6.22. The monoisotopic (exact) mass is 396 g/mol. The van der Waals surface area contributed by atoms with Crippen molar-refractivity contribution < 1.29 is 19.1 Å². The summed E-state index contributed by atoms with van der Waals surface area (Å²) in [5, 5.41) is 0. The fraction of sp³-hybridized carbons (Fsp3) is 0.381. The van der Waals surface area contributed by atoms with Gasteiger partial charge in [-0.2, -0.15) is 0 Å². The molecule has 1 atom stereocenters. The minimum Gasteiger partial charge on any atom is -0.493 e. The average Bonchev–Trinajstić information content (AvgIpc) is 3.07. The molecule has 8 nitrogen and oxygen atoms in total. The average molecular weight is 396 g/mol. The number of hydrogen-bond acceptors (Lipinski definition) is 7. The van der Waals surface area contributed by atoms with E-state index in [1.54, 1.807) is 31.5 Å². The highest BCUT2D eigenvalue weighted by atomic mass is 16.5. The Labute approximate surface area is 169 Å². The maximum Gasteiger partial charge on any atom is 0.251 e. The number of anilines is 2. The summed E-state index contributed by atoms with van der Waals surface area (Å²) >= 11 is 0. The van der Waals surface area contributed by atoms with E-state index in [0.717, 1.165) is 18.9 Å². The summed E-state index contributed by atoms with van der Waals surface area (Å²) in [7, 11) is 3.07. The Balaban J connectivity index is 1.46. The largest absolute Gasteiger partial charge is 0.493 e. The highest BCUT2D eigenvalue weighted by Crippen LogP contribution is 2.34. The van der Waals surface area contributed by atoms with Crippen LogP contribution < -0.4 is 19.3 Å². The standard InChI is InChI=1S/C21H24N4O4/c1-28-17-7-6-15(13-18(17)29-2)25-20(26)14-16(21(25)27)23-9-11-24(12-10-23)19-5-3-4-8-22-19/h3-8,13,16H,9-12,14H2,1-2H3/t16-/m0/s1. The fourth-order valence-electron chi connectivity index (χ4n) is 3.94. The molecule has 2 saturated heterocycles. The van der Waals surface area contributed by atoms with Crippen LogP contribution >= 0.6 is 0 Å². The zero-order valence-corrected chi connectivity index (χ0v) is 16.6. The maximum absolute atomic E-state index is 13.1. The predicted molar refractivity (Wildman–Crippen MR) is 108 cm³/mol. The number of nitrogens with zero attached hydrogens (tertiary/aromatic N) is 4. The van der Waals surface area contributed by atoms with Crippen LogP contribution in [0.2, 0.25) is 0 Å². The Morgan fingerprint density at radius 1 is 0.966 bits per heavy atom. The zero-order valence-electron chi connectivity index (χ0n) is 16.6. The van der Waals surface area contributed by atoms with Crippen LogP contribution in [0.1, 0.15) is 6.42 Å². The van der Waals surface area contributed by atoms with E-state index in [2.05, 4.69) is 14.8 Å². The van der Waals surface area contributed by atoms with Crippen molar-refractivity contribution in [3.63, 3.8) is 0 Å². The highest BCUT2D eigenvalue weighted by Gasteiger charge is 2.43. The smallest absolute Gasteiger partial charge is 0.251 e. The zero-order chi connectivity index (χ0) is 20.4. The van der Waals surface area contributed by atoms with Gasteiger partial charge in [0.15, 0.2) is 11.5 Å². The molecule has 0 unspecified atom stereocenters. The fourth-order valence-corrected chi connectivity index (χ4v) is 3.94. The van der Waals surface area contributed by atoms with Crippen LogP contribution in [-0.2, 0) is 9.59 Å². The van der Waals surface area contributed by atoms with Gasteiger partial charge in [-0.05, 0) is 24.3 Å². The lowest BCUT2D eigenvalue weighted by atomic mass is 10.1. The van der Waals surface area contributed by atoms with Crippen molar-refractivity contribution in [2.24, 2.45) is 0 Å². The number of pyridine rings is 1. The van der Waals surface area contributed by atoms with Crippen molar-refractivity contribution >= 4 is 23.3 Å². The van der Waals surface area contributed by atoms with Crippen molar-refractivity contribution in [1.82, 2.24) is 9.88 Å². The van der Waals surface area contributed by atoms with Gasteiger partial charge in [-0.15, -0.1) is 0 Å². The van der Waals surface area contributed by atoms with E-state index >= 15 is 0 Å². The summed E-state index contributed by atoms with van der Waals surface area (Å²) in [6.07, 6.45) is 1.97. The van der Waals surface area contributed by atoms with E-state index in [1.807, 2.05) is 18.2 Å². The number of hydrogen-bond donors (Lipinski definition) is 0. The topological polar surface area (TPSA) is 75.2 Å². The second kappa shape index (κ2) is 8.08. The molecule has 0 aliphatic carbocycles. The van der Waals surface area contributed by atoms with Gasteiger partial charge in [0.2, 0.25) is 5.91 Å². The van der Waals surface area contributed by atoms with Gasteiger partial charge in [0, 0.05) is 38.4 Å².